The lowest BCUT2D eigenvalue weighted by Gasteiger charge is -1.97. The van der Waals surface area contributed by atoms with Crippen molar-refractivity contribution in [2.45, 2.75) is 6.54 Å². The Morgan fingerprint density at radius 1 is 1.30 bits per heavy atom. The molecule has 0 unspecified atom stereocenters. The molecule has 0 aliphatic rings. The Balaban J connectivity index is 2.43. The van der Waals surface area contributed by atoms with Gasteiger partial charge in [-0.2, -0.15) is 11.5 Å². The van der Waals surface area contributed by atoms with Crippen LogP contribution >= 0.6 is 11.5 Å². The number of nitrogens with one attached hydrogen (secondary N) is 1. The Morgan fingerprint density at radius 2 is 2.00 bits per heavy atom. The fourth-order valence-corrected chi connectivity index (χ4v) is 0.829. The number of rotatable bonds is 3. The van der Waals surface area contributed by atoms with Crippen LogP contribution in [-0.2, 0) is 6.54 Å². The lowest BCUT2D eigenvalue weighted by atomic mass is 10.2. The van der Waals surface area contributed by atoms with Gasteiger partial charge in [0.25, 0.3) is 0 Å². The molecule has 51 valence electrons. The minimum Gasteiger partial charge on any atom is -0.342 e. The summed E-state index contributed by atoms with van der Waals surface area (Å²) in [5, 5.41) is 2.90. The molecule has 1 aromatic rings. The maximum atomic E-state index is 5.32. The van der Waals surface area contributed by atoms with Crippen LogP contribution in [0.3, 0.4) is 0 Å². The fraction of sp³-hybridized carbons (Fsp3) is 0.143. The molecule has 1 rings (SSSR count). The van der Waals surface area contributed by atoms with Crippen LogP contribution in [0.25, 0.3) is 0 Å². The smallest absolute Gasteiger partial charge is 0.332 e. The zero-order chi connectivity index (χ0) is 7.23. The Morgan fingerprint density at radius 3 is 2.60 bits per heavy atom. The summed E-state index contributed by atoms with van der Waals surface area (Å²) in [5.41, 5.74) is 1.24. The summed E-state index contributed by atoms with van der Waals surface area (Å²) < 4.78 is 0. The molecule has 1 aromatic carbocycles. The minimum atomic E-state index is 0.796. The van der Waals surface area contributed by atoms with E-state index in [1.807, 2.05) is 30.3 Å². The van der Waals surface area contributed by atoms with Gasteiger partial charge in [-0.15, -0.1) is 0 Å². The standard InChI is InChI=1S/C7H8BClN/c9-8-10-6-7-4-2-1-3-5-7/h1-5,10H,6H2. The first-order valence-electron chi connectivity index (χ1n) is 3.12. The molecule has 0 aliphatic heterocycles. The van der Waals surface area contributed by atoms with E-state index in [4.69, 9.17) is 11.5 Å². The van der Waals surface area contributed by atoms with Gasteiger partial charge in [-0.25, -0.2) is 0 Å². The quantitative estimate of drug-likeness (QED) is 0.648. The van der Waals surface area contributed by atoms with Crippen molar-refractivity contribution in [1.29, 1.82) is 0 Å². The van der Waals surface area contributed by atoms with Crippen molar-refractivity contribution < 1.29 is 0 Å². The van der Waals surface area contributed by atoms with E-state index in [1.165, 1.54) is 12.4 Å². The first kappa shape index (κ1) is 7.64. The molecule has 0 heterocycles. The zero-order valence-corrected chi connectivity index (χ0v) is 6.31. The van der Waals surface area contributed by atoms with E-state index >= 15 is 0 Å². The van der Waals surface area contributed by atoms with Crippen molar-refractivity contribution in [3.05, 3.63) is 35.9 Å². The molecule has 3 heteroatoms. The van der Waals surface area contributed by atoms with E-state index in [0.717, 1.165) is 6.54 Å². The van der Waals surface area contributed by atoms with Gasteiger partial charge in [-0.1, -0.05) is 30.3 Å². The van der Waals surface area contributed by atoms with Crippen molar-refractivity contribution in [2.75, 3.05) is 0 Å². The summed E-state index contributed by atoms with van der Waals surface area (Å²) in [6.07, 6.45) is 0. The van der Waals surface area contributed by atoms with Crippen LogP contribution < -0.4 is 5.23 Å². The summed E-state index contributed by atoms with van der Waals surface area (Å²) in [4.78, 5) is 0. The van der Waals surface area contributed by atoms with Gasteiger partial charge >= 0.3 is 6.83 Å². The molecule has 10 heavy (non-hydrogen) atoms. The van der Waals surface area contributed by atoms with Crippen LogP contribution in [0.2, 0.25) is 0 Å². The summed E-state index contributed by atoms with van der Waals surface area (Å²) in [5.74, 6) is 0. The predicted molar refractivity (Wildman–Crippen MR) is 44.9 cm³/mol. The number of halogens is 1. The van der Waals surface area contributed by atoms with Gasteiger partial charge in [-0.3, -0.25) is 0 Å². The molecule has 0 spiro atoms. The second-order valence-corrected chi connectivity index (χ2v) is 2.19. The molecule has 1 nitrogen and oxygen atoms in total. The van der Waals surface area contributed by atoms with Gasteiger partial charge in [0.1, 0.15) is 0 Å². The second-order valence-electron chi connectivity index (χ2n) is 1.98. The third kappa shape index (κ3) is 2.42. The average Bonchev–Trinajstić information content (AvgIpc) is 2.03. The fourth-order valence-electron chi connectivity index (χ4n) is 0.752. The Labute approximate surface area is 66.6 Å². The Hall–Kier alpha value is -0.465. The van der Waals surface area contributed by atoms with E-state index in [-0.39, 0.29) is 0 Å². The predicted octanol–water partition coefficient (Wildman–Crippen LogP) is 1.55. The third-order valence-corrected chi connectivity index (χ3v) is 1.38. The number of hydrogen-bond acceptors (Lipinski definition) is 1. The minimum absolute atomic E-state index is 0.796. The highest BCUT2D eigenvalue weighted by molar-refractivity contribution is 6.92. The van der Waals surface area contributed by atoms with Crippen molar-refractivity contribution in [3.63, 3.8) is 0 Å². The molecule has 0 aromatic heterocycles. The number of benzene rings is 1. The molecule has 0 saturated heterocycles. The van der Waals surface area contributed by atoms with Crippen molar-refractivity contribution in [2.24, 2.45) is 0 Å². The Bertz CT molecular complexity index is 178. The summed E-state index contributed by atoms with van der Waals surface area (Å²) in [6, 6.07) is 10.1. The largest absolute Gasteiger partial charge is 0.342 e. The molecular weight excluding hydrogens is 144 g/mol. The van der Waals surface area contributed by atoms with Crippen molar-refractivity contribution in [1.82, 2.24) is 5.23 Å². The SMILES string of the molecule is Cl[B]NCc1ccccc1. The van der Waals surface area contributed by atoms with E-state index < -0.39 is 0 Å². The van der Waals surface area contributed by atoms with Gasteiger partial charge in [0.05, 0.1) is 0 Å². The van der Waals surface area contributed by atoms with Crippen LogP contribution in [0, 0.1) is 0 Å². The summed E-state index contributed by atoms with van der Waals surface area (Å²) >= 11 is 5.32. The second kappa shape index (κ2) is 4.37. The lowest BCUT2D eigenvalue weighted by molar-refractivity contribution is 0.958. The Kier molecular flexibility index (Phi) is 3.34. The molecular formula is C7H8BClN. The summed E-state index contributed by atoms with van der Waals surface area (Å²) in [6.45, 7) is 2.22. The van der Waals surface area contributed by atoms with Gasteiger partial charge in [0.15, 0.2) is 0 Å². The van der Waals surface area contributed by atoms with Gasteiger partial charge in [0, 0.05) is 6.54 Å². The number of hydrogen-bond donors (Lipinski definition) is 1. The highest BCUT2D eigenvalue weighted by Crippen LogP contribution is 1.96. The molecule has 1 radical (unpaired) electrons. The van der Waals surface area contributed by atoms with Crippen LogP contribution in [0.5, 0.6) is 0 Å². The third-order valence-electron chi connectivity index (χ3n) is 1.23. The van der Waals surface area contributed by atoms with Crippen LogP contribution in [-0.4, -0.2) is 6.83 Å². The van der Waals surface area contributed by atoms with Crippen LogP contribution in [0.1, 0.15) is 5.56 Å². The maximum absolute atomic E-state index is 5.32. The van der Waals surface area contributed by atoms with E-state index in [0.29, 0.717) is 0 Å². The summed E-state index contributed by atoms with van der Waals surface area (Å²) in [7, 11) is 0. The average molecular weight is 152 g/mol. The van der Waals surface area contributed by atoms with E-state index in [9.17, 15) is 0 Å². The van der Waals surface area contributed by atoms with Gasteiger partial charge in [-0.05, 0) is 5.56 Å². The molecule has 0 saturated carbocycles. The monoisotopic (exact) mass is 152 g/mol. The molecule has 0 fully saturated rings. The van der Waals surface area contributed by atoms with Crippen LogP contribution in [0.15, 0.2) is 30.3 Å². The highest BCUT2D eigenvalue weighted by atomic mass is 35.5. The highest BCUT2D eigenvalue weighted by Gasteiger charge is 1.87. The van der Waals surface area contributed by atoms with Crippen molar-refractivity contribution in [3.8, 4) is 0 Å². The molecule has 0 aliphatic carbocycles. The molecule has 1 N–H and O–H groups in total. The molecule has 0 atom stereocenters. The maximum Gasteiger partial charge on any atom is 0.332 e. The zero-order valence-electron chi connectivity index (χ0n) is 5.55. The normalized spacial score (nSPS) is 9.30. The molecule has 0 bridgehead atoms. The lowest BCUT2D eigenvalue weighted by Crippen LogP contribution is -2.13. The van der Waals surface area contributed by atoms with Crippen molar-refractivity contribution >= 4 is 18.3 Å². The van der Waals surface area contributed by atoms with Gasteiger partial charge in [0.2, 0.25) is 0 Å². The first-order chi connectivity index (χ1) is 4.93. The van der Waals surface area contributed by atoms with Gasteiger partial charge < -0.3 is 5.23 Å². The molecule has 0 amide bonds. The first-order valence-corrected chi connectivity index (χ1v) is 3.56. The van der Waals surface area contributed by atoms with Crippen LogP contribution in [0.4, 0.5) is 0 Å². The van der Waals surface area contributed by atoms with E-state index in [2.05, 4.69) is 5.23 Å². The van der Waals surface area contributed by atoms with E-state index in [1.54, 1.807) is 0 Å². The topological polar surface area (TPSA) is 12.0 Å².